The molecule has 140 valence electrons. The fourth-order valence-electron chi connectivity index (χ4n) is 3.12. The third kappa shape index (κ3) is 4.50. The highest BCUT2D eigenvalue weighted by Gasteiger charge is 2.33. The van der Waals surface area contributed by atoms with Crippen molar-refractivity contribution in [3.8, 4) is 11.4 Å². The lowest BCUT2D eigenvalue weighted by molar-refractivity contribution is -0.141. The van der Waals surface area contributed by atoms with E-state index in [2.05, 4.69) is 26.8 Å². The summed E-state index contributed by atoms with van der Waals surface area (Å²) in [6.07, 6.45) is -3.62. The van der Waals surface area contributed by atoms with Crippen LogP contribution in [0.2, 0.25) is 0 Å². The quantitative estimate of drug-likeness (QED) is 0.907. The Morgan fingerprint density at radius 1 is 1.15 bits per heavy atom. The Hall–Kier alpha value is -2.19. The Morgan fingerprint density at radius 3 is 2.69 bits per heavy atom. The van der Waals surface area contributed by atoms with Crippen molar-refractivity contribution >= 4 is 0 Å². The number of halogens is 3. The van der Waals surface area contributed by atoms with Crippen LogP contribution >= 0.6 is 0 Å². The van der Waals surface area contributed by atoms with Crippen LogP contribution in [0, 0.1) is 0 Å². The van der Waals surface area contributed by atoms with E-state index >= 15 is 0 Å². The molecule has 8 heteroatoms. The van der Waals surface area contributed by atoms with Gasteiger partial charge in [0.25, 0.3) is 5.56 Å². The van der Waals surface area contributed by atoms with E-state index in [0.29, 0.717) is 18.2 Å². The highest BCUT2D eigenvalue weighted by molar-refractivity contribution is 5.60. The van der Waals surface area contributed by atoms with Gasteiger partial charge in [0.15, 0.2) is 5.69 Å². The van der Waals surface area contributed by atoms with E-state index < -0.39 is 17.4 Å². The lowest BCUT2D eigenvalue weighted by Gasteiger charge is -2.21. The summed E-state index contributed by atoms with van der Waals surface area (Å²) in [4.78, 5) is 22.3. The summed E-state index contributed by atoms with van der Waals surface area (Å²) < 4.78 is 39.0. The van der Waals surface area contributed by atoms with E-state index in [9.17, 15) is 18.0 Å². The molecule has 1 N–H and O–H groups in total. The second kappa shape index (κ2) is 7.59. The summed E-state index contributed by atoms with van der Waals surface area (Å²) in [7, 11) is 2.08. The van der Waals surface area contributed by atoms with E-state index in [-0.39, 0.29) is 5.82 Å². The molecule has 2 aromatic rings. The summed E-state index contributed by atoms with van der Waals surface area (Å²) in [6, 6.07) is 7.61. The number of hydrogen-bond acceptors (Lipinski definition) is 4. The number of nitrogens with one attached hydrogen (secondary N) is 1. The molecule has 1 aromatic heterocycles. The van der Waals surface area contributed by atoms with Crippen molar-refractivity contribution in [2.45, 2.75) is 19.1 Å². The van der Waals surface area contributed by atoms with Gasteiger partial charge in [-0.1, -0.05) is 24.3 Å². The number of rotatable bonds is 3. The maximum absolute atomic E-state index is 13.0. The van der Waals surface area contributed by atoms with Gasteiger partial charge in [-0.25, -0.2) is 4.98 Å². The molecular weight excluding hydrogens is 345 g/mol. The average molecular weight is 366 g/mol. The van der Waals surface area contributed by atoms with Crippen LogP contribution in [0.4, 0.5) is 13.2 Å². The normalized spacial score (nSPS) is 17.2. The number of benzene rings is 1. The summed E-state index contributed by atoms with van der Waals surface area (Å²) >= 11 is 0. The summed E-state index contributed by atoms with van der Waals surface area (Å²) in [5, 5.41) is 0. The molecule has 0 atom stereocenters. The average Bonchev–Trinajstić information content (AvgIpc) is 2.78. The van der Waals surface area contributed by atoms with Gasteiger partial charge in [0.2, 0.25) is 0 Å². The Kier molecular flexibility index (Phi) is 5.43. The van der Waals surface area contributed by atoms with Crippen molar-refractivity contribution < 1.29 is 13.2 Å². The number of alkyl halides is 3. The minimum absolute atomic E-state index is 0.0487. The molecule has 0 radical (unpaired) electrons. The number of aromatic amines is 1. The van der Waals surface area contributed by atoms with Crippen molar-refractivity contribution in [1.29, 1.82) is 0 Å². The molecule has 5 nitrogen and oxygen atoms in total. The first-order chi connectivity index (χ1) is 12.3. The van der Waals surface area contributed by atoms with Crippen molar-refractivity contribution in [2.75, 3.05) is 33.2 Å². The fraction of sp³-hybridized carbons (Fsp3) is 0.444. The zero-order valence-corrected chi connectivity index (χ0v) is 14.5. The highest BCUT2D eigenvalue weighted by atomic mass is 19.4. The molecule has 0 unspecified atom stereocenters. The van der Waals surface area contributed by atoms with Gasteiger partial charge in [-0.15, -0.1) is 0 Å². The number of aromatic nitrogens is 2. The smallest absolute Gasteiger partial charge is 0.306 e. The molecule has 1 aliphatic rings. The van der Waals surface area contributed by atoms with E-state index in [1.165, 1.54) is 0 Å². The molecule has 0 aliphatic carbocycles. The summed E-state index contributed by atoms with van der Waals surface area (Å²) in [5.41, 5.74) is -0.621. The Balaban J connectivity index is 1.92. The van der Waals surface area contributed by atoms with Crippen LogP contribution < -0.4 is 5.56 Å². The first kappa shape index (κ1) is 18.6. The van der Waals surface area contributed by atoms with Gasteiger partial charge >= 0.3 is 6.18 Å². The van der Waals surface area contributed by atoms with E-state index in [0.717, 1.165) is 38.2 Å². The molecule has 26 heavy (non-hydrogen) atoms. The second-order valence-electron chi connectivity index (χ2n) is 6.57. The largest absolute Gasteiger partial charge is 0.433 e. The zero-order chi connectivity index (χ0) is 18.7. The number of hydrogen-bond donors (Lipinski definition) is 1. The van der Waals surface area contributed by atoms with Gasteiger partial charge in [-0.05, 0) is 32.1 Å². The summed E-state index contributed by atoms with van der Waals surface area (Å²) in [6.45, 7) is 4.38. The number of H-pyrrole nitrogens is 1. The molecule has 3 rings (SSSR count). The summed E-state index contributed by atoms with van der Waals surface area (Å²) in [5.74, 6) is -0.0487. The fourth-order valence-corrected chi connectivity index (χ4v) is 3.12. The van der Waals surface area contributed by atoms with Crippen molar-refractivity contribution in [2.24, 2.45) is 0 Å². The zero-order valence-electron chi connectivity index (χ0n) is 14.5. The molecular formula is C18H21F3N4O. The van der Waals surface area contributed by atoms with Crippen LogP contribution in [-0.2, 0) is 12.7 Å². The molecule has 0 spiro atoms. The molecule has 0 bridgehead atoms. The van der Waals surface area contributed by atoms with Gasteiger partial charge in [-0.3, -0.25) is 9.69 Å². The van der Waals surface area contributed by atoms with Crippen LogP contribution in [0.15, 0.2) is 35.1 Å². The van der Waals surface area contributed by atoms with E-state index in [1.807, 2.05) is 12.1 Å². The van der Waals surface area contributed by atoms with Crippen LogP contribution in [0.3, 0.4) is 0 Å². The predicted octanol–water partition coefficient (Wildman–Crippen LogP) is 2.59. The maximum Gasteiger partial charge on any atom is 0.433 e. The van der Waals surface area contributed by atoms with Crippen LogP contribution in [-0.4, -0.2) is 53.0 Å². The SMILES string of the molecule is CN1CCCN(Cc2ccccc2-c2nc(C(F)(F)F)cc(=O)[nH]2)CC1. The van der Waals surface area contributed by atoms with Crippen molar-refractivity contribution in [3.05, 3.63) is 51.9 Å². The first-order valence-electron chi connectivity index (χ1n) is 8.50. The van der Waals surface area contributed by atoms with Crippen molar-refractivity contribution in [3.63, 3.8) is 0 Å². The third-order valence-corrected chi connectivity index (χ3v) is 4.51. The Labute approximate surface area is 149 Å². The van der Waals surface area contributed by atoms with Crippen LogP contribution in [0.5, 0.6) is 0 Å². The highest BCUT2D eigenvalue weighted by Crippen LogP contribution is 2.29. The minimum atomic E-state index is -4.66. The number of likely N-dealkylation sites (N-methyl/N-ethyl adjacent to an activating group) is 1. The van der Waals surface area contributed by atoms with Gasteiger partial charge in [0.05, 0.1) is 0 Å². The third-order valence-electron chi connectivity index (χ3n) is 4.51. The molecule has 0 amide bonds. The maximum atomic E-state index is 13.0. The van der Waals surface area contributed by atoms with Gasteiger partial charge in [0, 0.05) is 31.3 Å². The van der Waals surface area contributed by atoms with Crippen LogP contribution in [0.25, 0.3) is 11.4 Å². The Morgan fingerprint density at radius 2 is 1.92 bits per heavy atom. The molecule has 1 fully saturated rings. The molecule has 0 saturated carbocycles. The first-order valence-corrected chi connectivity index (χ1v) is 8.50. The molecule has 2 heterocycles. The lowest BCUT2D eigenvalue weighted by atomic mass is 10.1. The minimum Gasteiger partial charge on any atom is -0.306 e. The van der Waals surface area contributed by atoms with Gasteiger partial charge < -0.3 is 9.88 Å². The second-order valence-corrected chi connectivity index (χ2v) is 6.57. The Bertz CT molecular complexity index is 819. The van der Waals surface area contributed by atoms with Crippen LogP contribution in [0.1, 0.15) is 17.7 Å². The van der Waals surface area contributed by atoms with Gasteiger partial charge in [-0.2, -0.15) is 13.2 Å². The van der Waals surface area contributed by atoms with E-state index in [1.54, 1.807) is 12.1 Å². The monoisotopic (exact) mass is 366 g/mol. The molecule has 1 aromatic carbocycles. The molecule has 1 saturated heterocycles. The topological polar surface area (TPSA) is 52.2 Å². The molecule has 1 aliphatic heterocycles. The predicted molar refractivity (Wildman–Crippen MR) is 92.7 cm³/mol. The van der Waals surface area contributed by atoms with Crippen molar-refractivity contribution in [1.82, 2.24) is 19.8 Å². The standard InChI is InChI=1S/C18H21F3N4O/c1-24-7-4-8-25(10-9-24)12-13-5-2-3-6-14(13)17-22-15(18(19,20)21)11-16(26)23-17/h2-3,5-6,11H,4,7-10,12H2,1H3,(H,22,23,26). The van der Waals surface area contributed by atoms with Gasteiger partial charge in [0.1, 0.15) is 5.82 Å². The lowest BCUT2D eigenvalue weighted by Crippen LogP contribution is -2.28. The van der Waals surface area contributed by atoms with E-state index in [4.69, 9.17) is 0 Å². The number of nitrogens with zero attached hydrogens (tertiary/aromatic N) is 3.